The zero-order chi connectivity index (χ0) is 5.54. The molecule has 0 nitrogen and oxygen atoms in total. The van der Waals surface area contributed by atoms with E-state index in [0.717, 1.165) is 0 Å². The Morgan fingerprint density at radius 2 is 1.43 bits per heavy atom. The molecule has 0 aromatic carbocycles. The normalized spacial score (nSPS) is 11.7. The van der Waals surface area contributed by atoms with Gasteiger partial charge in [-0.1, -0.05) is 23.2 Å². The van der Waals surface area contributed by atoms with Crippen molar-refractivity contribution in [3.05, 3.63) is 21.9 Å². The highest BCUT2D eigenvalue weighted by Crippen LogP contribution is 2.04. The number of rotatable bonds is 2. The van der Waals surface area contributed by atoms with Gasteiger partial charge in [-0.15, -0.1) is 11.8 Å². The maximum Gasteiger partial charge on any atom is 0.0109 e. The minimum absolute atomic E-state index is 1.43. The lowest BCUT2D eigenvalue weighted by Gasteiger charge is -1.71. The van der Waals surface area contributed by atoms with E-state index in [2.05, 4.69) is 0 Å². The average molecular weight is 155 g/mol. The molecule has 0 unspecified atom stereocenters. The SMILES string of the molecule is Cl/C=C\S/C=C\Cl. The van der Waals surface area contributed by atoms with Crippen LogP contribution in [-0.4, -0.2) is 0 Å². The molecule has 0 N–H and O–H groups in total. The lowest BCUT2D eigenvalue weighted by atomic mass is 11.2. The van der Waals surface area contributed by atoms with Gasteiger partial charge in [0.1, 0.15) is 0 Å². The van der Waals surface area contributed by atoms with Crippen molar-refractivity contribution < 1.29 is 0 Å². The molecular weight excluding hydrogens is 151 g/mol. The predicted octanol–water partition coefficient (Wildman–Crippen LogP) is 3.14. The summed E-state index contributed by atoms with van der Waals surface area (Å²) in [4.78, 5) is 0. The smallest absolute Gasteiger partial charge is 0.0109 e. The van der Waals surface area contributed by atoms with Crippen LogP contribution in [-0.2, 0) is 0 Å². The van der Waals surface area contributed by atoms with Crippen LogP contribution in [0.5, 0.6) is 0 Å². The molecule has 3 heteroatoms. The molecule has 0 saturated heterocycles. The van der Waals surface area contributed by atoms with Crippen molar-refractivity contribution in [2.24, 2.45) is 0 Å². The largest absolute Gasteiger partial charge is 0.104 e. The van der Waals surface area contributed by atoms with Crippen molar-refractivity contribution in [1.29, 1.82) is 0 Å². The standard InChI is InChI=1S/C4H4Cl2S/c5-1-3-7-4-2-6/h1-4H/b3-1-,4-2-. The molecule has 0 aliphatic heterocycles. The molecule has 0 spiro atoms. The monoisotopic (exact) mass is 154 g/mol. The first kappa shape index (κ1) is 7.41. The van der Waals surface area contributed by atoms with Crippen molar-refractivity contribution >= 4 is 35.0 Å². The summed E-state index contributed by atoms with van der Waals surface area (Å²) >= 11 is 11.7. The van der Waals surface area contributed by atoms with Gasteiger partial charge in [0.25, 0.3) is 0 Å². The van der Waals surface area contributed by atoms with Gasteiger partial charge < -0.3 is 0 Å². The summed E-state index contributed by atoms with van der Waals surface area (Å²) in [6.07, 6.45) is 0. The van der Waals surface area contributed by atoms with Crippen LogP contribution >= 0.6 is 35.0 Å². The molecule has 0 aliphatic rings. The van der Waals surface area contributed by atoms with E-state index in [0.29, 0.717) is 0 Å². The van der Waals surface area contributed by atoms with E-state index < -0.39 is 0 Å². The molecule has 0 atom stereocenters. The van der Waals surface area contributed by atoms with E-state index in [9.17, 15) is 0 Å². The Morgan fingerprint density at radius 1 is 1.00 bits per heavy atom. The third kappa shape index (κ3) is 6.41. The van der Waals surface area contributed by atoms with Crippen molar-refractivity contribution in [2.45, 2.75) is 0 Å². The van der Waals surface area contributed by atoms with Crippen LogP contribution in [0.15, 0.2) is 21.9 Å². The van der Waals surface area contributed by atoms with Gasteiger partial charge in [0.15, 0.2) is 0 Å². The van der Waals surface area contributed by atoms with Gasteiger partial charge in [-0.25, -0.2) is 0 Å². The van der Waals surface area contributed by atoms with Crippen LogP contribution < -0.4 is 0 Å². The molecule has 40 valence electrons. The second-order valence-electron chi connectivity index (χ2n) is 0.660. The van der Waals surface area contributed by atoms with E-state index in [1.165, 1.54) is 22.8 Å². The first-order valence-electron chi connectivity index (χ1n) is 1.57. The second-order valence-corrected chi connectivity index (χ2v) is 1.98. The predicted molar refractivity (Wildman–Crippen MR) is 37.6 cm³/mol. The Morgan fingerprint density at radius 3 is 1.71 bits per heavy atom. The first-order chi connectivity index (χ1) is 3.41. The molecule has 0 rings (SSSR count). The topological polar surface area (TPSA) is 0 Å². The number of hydrogen-bond donors (Lipinski definition) is 0. The molecule has 0 radical (unpaired) electrons. The fraction of sp³-hybridized carbons (Fsp3) is 0. The van der Waals surface area contributed by atoms with Gasteiger partial charge in [0, 0.05) is 11.1 Å². The van der Waals surface area contributed by atoms with Crippen LogP contribution in [0.25, 0.3) is 0 Å². The van der Waals surface area contributed by atoms with Crippen LogP contribution in [0.3, 0.4) is 0 Å². The molecule has 0 aromatic heterocycles. The Balaban J connectivity index is 2.98. The van der Waals surface area contributed by atoms with Crippen molar-refractivity contribution in [2.75, 3.05) is 0 Å². The van der Waals surface area contributed by atoms with E-state index in [1.54, 1.807) is 10.8 Å². The molecule has 7 heavy (non-hydrogen) atoms. The molecule has 0 heterocycles. The lowest BCUT2D eigenvalue weighted by molar-refractivity contribution is 2.46. The minimum Gasteiger partial charge on any atom is -0.104 e. The highest BCUT2D eigenvalue weighted by molar-refractivity contribution is 8.04. The van der Waals surface area contributed by atoms with E-state index >= 15 is 0 Å². The zero-order valence-electron chi connectivity index (χ0n) is 3.47. The molecule has 0 amide bonds. The molecule has 0 fully saturated rings. The quantitative estimate of drug-likeness (QED) is 0.590. The Hall–Kier alpha value is 0.410. The van der Waals surface area contributed by atoms with E-state index in [1.807, 2.05) is 0 Å². The Labute approximate surface area is 57.2 Å². The van der Waals surface area contributed by atoms with Gasteiger partial charge in [-0.2, -0.15) is 0 Å². The van der Waals surface area contributed by atoms with E-state index in [4.69, 9.17) is 23.2 Å². The van der Waals surface area contributed by atoms with Gasteiger partial charge in [-0.05, 0) is 10.8 Å². The number of halogens is 2. The summed E-state index contributed by atoms with van der Waals surface area (Å²) in [5.41, 5.74) is 2.86. The maximum atomic E-state index is 5.16. The molecule has 0 aliphatic carbocycles. The maximum absolute atomic E-state index is 5.16. The highest BCUT2D eigenvalue weighted by Gasteiger charge is 1.63. The van der Waals surface area contributed by atoms with Crippen molar-refractivity contribution in [3.8, 4) is 0 Å². The van der Waals surface area contributed by atoms with Gasteiger partial charge in [0.2, 0.25) is 0 Å². The van der Waals surface area contributed by atoms with Crippen molar-refractivity contribution in [3.63, 3.8) is 0 Å². The third-order valence-corrected chi connectivity index (χ3v) is 1.40. The summed E-state index contributed by atoms with van der Waals surface area (Å²) in [6, 6.07) is 0. The fourth-order valence-corrected chi connectivity index (χ4v) is 0.671. The number of thioether (sulfide) groups is 1. The van der Waals surface area contributed by atoms with Crippen molar-refractivity contribution in [1.82, 2.24) is 0 Å². The van der Waals surface area contributed by atoms with E-state index in [-0.39, 0.29) is 0 Å². The van der Waals surface area contributed by atoms with Crippen LogP contribution in [0.2, 0.25) is 0 Å². The molecule has 0 saturated carbocycles. The minimum atomic E-state index is 1.43. The third-order valence-electron chi connectivity index (χ3n) is 0.260. The highest BCUT2D eigenvalue weighted by atomic mass is 35.5. The Kier molecular flexibility index (Phi) is 6.79. The van der Waals surface area contributed by atoms with Crippen LogP contribution in [0.1, 0.15) is 0 Å². The Bertz CT molecular complexity index is 67.8. The number of hydrogen-bond acceptors (Lipinski definition) is 1. The molecule has 0 bridgehead atoms. The zero-order valence-corrected chi connectivity index (χ0v) is 5.80. The first-order valence-corrected chi connectivity index (χ1v) is 3.39. The van der Waals surface area contributed by atoms with Crippen LogP contribution in [0, 0.1) is 0 Å². The van der Waals surface area contributed by atoms with Gasteiger partial charge in [-0.3, -0.25) is 0 Å². The summed E-state index contributed by atoms with van der Waals surface area (Å²) in [6.45, 7) is 0. The summed E-state index contributed by atoms with van der Waals surface area (Å²) < 4.78 is 0. The lowest BCUT2D eigenvalue weighted by Crippen LogP contribution is -1.34. The van der Waals surface area contributed by atoms with Crippen LogP contribution in [0.4, 0.5) is 0 Å². The summed E-state index contributed by atoms with van der Waals surface area (Å²) in [7, 11) is 0. The van der Waals surface area contributed by atoms with Gasteiger partial charge >= 0.3 is 0 Å². The molecule has 0 aromatic rings. The second kappa shape index (κ2) is 6.41. The molecular formula is C4H4Cl2S. The summed E-state index contributed by atoms with van der Waals surface area (Å²) in [5.74, 6) is 0. The van der Waals surface area contributed by atoms with Gasteiger partial charge in [0.05, 0.1) is 0 Å². The fourth-order valence-electron chi connectivity index (χ4n) is 0.105. The average Bonchev–Trinajstić information content (AvgIpc) is 1.69. The summed E-state index contributed by atoms with van der Waals surface area (Å²) in [5, 5.41) is 3.45.